The number of nitrogens with one attached hydrogen (secondary N) is 2. The van der Waals surface area contributed by atoms with E-state index in [0.717, 1.165) is 11.1 Å². The number of carbonyl (C=O) groups excluding carboxylic acids is 2. The van der Waals surface area contributed by atoms with Crippen molar-refractivity contribution in [2.75, 3.05) is 0 Å². The molecule has 0 bridgehead atoms. The minimum atomic E-state index is -0.449. The minimum Gasteiger partial charge on any atom is -0.347 e. The number of hydrogen-bond acceptors (Lipinski definition) is 2. The Morgan fingerprint density at radius 3 is 2.17 bits per heavy atom. The van der Waals surface area contributed by atoms with E-state index in [1.165, 1.54) is 0 Å². The molecule has 0 spiro atoms. The van der Waals surface area contributed by atoms with Gasteiger partial charge in [-0.3, -0.25) is 9.59 Å². The summed E-state index contributed by atoms with van der Waals surface area (Å²) < 4.78 is 0. The number of allylic oxidation sites excluding steroid dienone is 2. The molecule has 0 saturated heterocycles. The van der Waals surface area contributed by atoms with Crippen LogP contribution in [0.15, 0.2) is 103 Å². The van der Waals surface area contributed by atoms with Crippen molar-refractivity contribution in [2.24, 2.45) is 0 Å². The lowest BCUT2D eigenvalue weighted by atomic mass is 10.2. The summed E-state index contributed by atoms with van der Waals surface area (Å²) in [7, 11) is 0. The molecular weight excluding hydrogens is 396 g/mol. The summed E-state index contributed by atoms with van der Waals surface area (Å²) in [6.45, 7) is 0.349. The van der Waals surface area contributed by atoms with E-state index in [-0.39, 0.29) is 5.70 Å². The van der Waals surface area contributed by atoms with Gasteiger partial charge in [-0.15, -0.1) is 0 Å². The van der Waals surface area contributed by atoms with Gasteiger partial charge in [0.2, 0.25) is 0 Å². The van der Waals surface area contributed by atoms with Crippen molar-refractivity contribution >= 4 is 29.5 Å². The maximum atomic E-state index is 12.7. The van der Waals surface area contributed by atoms with Crippen molar-refractivity contribution in [3.05, 3.63) is 124 Å². The highest BCUT2D eigenvalue weighted by molar-refractivity contribution is 6.34. The Morgan fingerprint density at radius 1 is 0.833 bits per heavy atom. The first kappa shape index (κ1) is 21.1. The number of hydrogen-bond donors (Lipinski definition) is 2. The van der Waals surface area contributed by atoms with Crippen molar-refractivity contribution < 1.29 is 9.59 Å². The van der Waals surface area contributed by atoms with E-state index in [1.54, 1.807) is 36.4 Å². The van der Waals surface area contributed by atoms with Crippen molar-refractivity contribution in [2.45, 2.75) is 6.54 Å². The van der Waals surface area contributed by atoms with Crippen molar-refractivity contribution in [1.29, 1.82) is 0 Å². The topological polar surface area (TPSA) is 58.2 Å². The zero-order chi connectivity index (χ0) is 21.2. The molecule has 0 aromatic heterocycles. The van der Waals surface area contributed by atoms with E-state index in [0.29, 0.717) is 17.1 Å². The van der Waals surface area contributed by atoms with Crippen LogP contribution in [-0.4, -0.2) is 11.8 Å². The highest BCUT2D eigenvalue weighted by atomic mass is 35.5. The number of rotatable bonds is 7. The van der Waals surface area contributed by atoms with Crippen LogP contribution < -0.4 is 10.6 Å². The Hall–Kier alpha value is -3.63. The third-order valence-corrected chi connectivity index (χ3v) is 4.59. The largest absolute Gasteiger partial charge is 0.347 e. The second-order valence-electron chi connectivity index (χ2n) is 6.45. The van der Waals surface area contributed by atoms with Crippen LogP contribution in [0.3, 0.4) is 0 Å². The van der Waals surface area contributed by atoms with E-state index in [4.69, 9.17) is 11.6 Å². The second-order valence-corrected chi connectivity index (χ2v) is 6.86. The molecule has 0 radical (unpaired) electrons. The Labute approximate surface area is 180 Å². The molecule has 0 aliphatic heterocycles. The monoisotopic (exact) mass is 416 g/mol. The van der Waals surface area contributed by atoms with E-state index in [2.05, 4.69) is 10.6 Å². The van der Waals surface area contributed by atoms with E-state index >= 15 is 0 Å². The molecule has 5 heteroatoms. The molecule has 30 heavy (non-hydrogen) atoms. The van der Waals surface area contributed by atoms with Crippen LogP contribution in [0.4, 0.5) is 0 Å². The molecule has 2 N–H and O–H groups in total. The maximum absolute atomic E-state index is 12.7. The van der Waals surface area contributed by atoms with Crippen LogP contribution in [0.1, 0.15) is 21.5 Å². The average molecular weight is 417 g/mol. The standard InChI is InChI=1S/C25H21ClN2O2/c26-22-16-8-7-15-21(22)24(29)28-23(17-9-14-19-10-3-1-4-11-19)25(30)27-18-20-12-5-2-6-13-20/h1-17H,18H2,(H,27,30)(H,28,29). The molecule has 150 valence electrons. The quantitative estimate of drug-likeness (QED) is 0.421. The molecule has 3 aromatic carbocycles. The van der Waals surface area contributed by atoms with Crippen LogP contribution in [0.5, 0.6) is 0 Å². The van der Waals surface area contributed by atoms with Gasteiger partial charge in [-0.05, 0) is 29.3 Å². The predicted molar refractivity (Wildman–Crippen MR) is 121 cm³/mol. The summed E-state index contributed by atoms with van der Waals surface area (Å²) in [5.41, 5.74) is 2.37. The second kappa shape index (κ2) is 10.8. The Morgan fingerprint density at radius 2 is 1.47 bits per heavy atom. The predicted octanol–water partition coefficient (Wildman–Crippen LogP) is 4.98. The zero-order valence-corrected chi connectivity index (χ0v) is 17.0. The molecule has 0 atom stereocenters. The van der Waals surface area contributed by atoms with Gasteiger partial charge in [0.15, 0.2) is 0 Å². The van der Waals surface area contributed by atoms with Gasteiger partial charge in [-0.25, -0.2) is 0 Å². The molecule has 2 amide bonds. The van der Waals surface area contributed by atoms with Crippen molar-refractivity contribution in [3.63, 3.8) is 0 Å². The summed E-state index contributed by atoms with van der Waals surface area (Å²) in [4.78, 5) is 25.4. The highest BCUT2D eigenvalue weighted by Crippen LogP contribution is 2.15. The number of benzene rings is 3. The number of amides is 2. The molecule has 3 rings (SSSR count). The van der Waals surface area contributed by atoms with Gasteiger partial charge in [0, 0.05) is 6.54 Å². The molecule has 4 nitrogen and oxygen atoms in total. The first-order chi connectivity index (χ1) is 14.6. The molecule has 3 aromatic rings. The lowest BCUT2D eigenvalue weighted by Crippen LogP contribution is -2.34. The fourth-order valence-electron chi connectivity index (χ4n) is 2.70. The Bertz CT molecular complexity index is 1060. The van der Waals surface area contributed by atoms with Crippen LogP contribution in [0.25, 0.3) is 6.08 Å². The average Bonchev–Trinajstić information content (AvgIpc) is 2.78. The van der Waals surface area contributed by atoms with Gasteiger partial charge in [0.1, 0.15) is 5.70 Å². The number of carbonyl (C=O) groups is 2. The summed E-state index contributed by atoms with van der Waals surface area (Å²) in [5.74, 6) is -0.841. The molecule has 0 unspecified atom stereocenters. The molecule has 0 fully saturated rings. The van der Waals surface area contributed by atoms with Gasteiger partial charge in [-0.1, -0.05) is 96.5 Å². The van der Waals surface area contributed by atoms with Crippen LogP contribution in [-0.2, 0) is 11.3 Å². The van der Waals surface area contributed by atoms with Gasteiger partial charge >= 0.3 is 0 Å². The Balaban J connectivity index is 1.77. The summed E-state index contributed by atoms with van der Waals surface area (Å²) in [5, 5.41) is 5.82. The maximum Gasteiger partial charge on any atom is 0.268 e. The number of halogens is 1. The van der Waals surface area contributed by atoms with Crippen LogP contribution in [0, 0.1) is 0 Å². The third-order valence-electron chi connectivity index (χ3n) is 4.26. The summed E-state index contributed by atoms with van der Waals surface area (Å²) in [6, 6.07) is 25.9. The molecule has 0 aliphatic rings. The zero-order valence-electron chi connectivity index (χ0n) is 16.2. The van der Waals surface area contributed by atoms with Crippen molar-refractivity contribution in [3.8, 4) is 0 Å². The van der Waals surface area contributed by atoms with Gasteiger partial charge < -0.3 is 10.6 Å². The molecular formula is C25H21ClN2O2. The molecule has 0 heterocycles. The van der Waals surface area contributed by atoms with E-state index in [9.17, 15) is 9.59 Å². The fourth-order valence-corrected chi connectivity index (χ4v) is 2.92. The summed E-state index contributed by atoms with van der Waals surface area (Å²) in [6.07, 6.45) is 5.15. The van der Waals surface area contributed by atoms with Crippen LogP contribution >= 0.6 is 11.6 Å². The van der Waals surface area contributed by atoms with E-state index in [1.807, 2.05) is 66.7 Å². The highest BCUT2D eigenvalue weighted by Gasteiger charge is 2.15. The normalized spacial score (nSPS) is 11.3. The van der Waals surface area contributed by atoms with Crippen LogP contribution in [0.2, 0.25) is 5.02 Å². The lowest BCUT2D eigenvalue weighted by molar-refractivity contribution is -0.118. The smallest absolute Gasteiger partial charge is 0.268 e. The molecule has 0 aliphatic carbocycles. The minimum absolute atomic E-state index is 0.128. The SMILES string of the molecule is O=C(NCc1ccccc1)C(=CC=Cc1ccccc1)NC(=O)c1ccccc1Cl. The van der Waals surface area contributed by atoms with Gasteiger partial charge in [0.05, 0.1) is 10.6 Å². The first-order valence-electron chi connectivity index (χ1n) is 9.45. The van der Waals surface area contributed by atoms with Crippen molar-refractivity contribution in [1.82, 2.24) is 10.6 Å². The fraction of sp³-hybridized carbons (Fsp3) is 0.0400. The van der Waals surface area contributed by atoms with Gasteiger partial charge in [-0.2, -0.15) is 0 Å². The summed E-state index contributed by atoms with van der Waals surface area (Å²) >= 11 is 6.11. The third kappa shape index (κ3) is 6.19. The molecule has 0 saturated carbocycles. The first-order valence-corrected chi connectivity index (χ1v) is 9.83. The van der Waals surface area contributed by atoms with E-state index < -0.39 is 11.8 Å². The Kier molecular flexibility index (Phi) is 7.58. The van der Waals surface area contributed by atoms with Gasteiger partial charge in [0.25, 0.3) is 11.8 Å². The lowest BCUT2D eigenvalue weighted by Gasteiger charge is -2.11.